The molecule has 0 bridgehead atoms. The van der Waals surface area contributed by atoms with E-state index < -0.39 is 30.7 Å². The molecule has 0 fully saturated rings. The summed E-state index contributed by atoms with van der Waals surface area (Å²) >= 11 is 0. The van der Waals surface area contributed by atoms with Crippen molar-refractivity contribution in [1.82, 2.24) is 24.9 Å². The smallest absolute Gasteiger partial charge is 0.453 e. The van der Waals surface area contributed by atoms with Crippen LogP contribution < -0.4 is 10.1 Å². The van der Waals surface area contributed by atoms with Gasteiger partial charge in [-0.25, -0.2) is 9.50 Å². The molecule has 0 radical (unpaired) electrons. The van der Waals surface area contributed by atoms with Crippen LogP contribution in [-0.2, 0) is 23.9 Å². The summed E-state index contributed by atoms with van der Waals surface area (Å²) in [4.78, 5) is 19.7. The summed E-state index contributed by atoms with van der Waals surface area (Å²) in [5.41, 5.74) is 1.67. The highest BCUT2D eigenvalue weighted by molar-refractivity contribution is 5.79. The van der Waals surface area contributed by atoms with Gasteiger partial charge in [0.1, 0.15) is 5.75 Å². The molecule has 0 spiro atoms. The molecule has 0 atom stereocenters. The molecule has 0 saturated carbocycles. The van der Waals surface area contributed by atoms with Gasteiger partial charge in [-0.05, 0) is 31.5 Å². The van der Waals surface area contributed by atoms with E-state index in [1.165, 1.54) is 31.2 Å². The maximum absolute atomic E-state index is 12.9. The fourth-order valence-electron chi connectivity index (χ4n) is 2.88. The number of hydrogen-bond donors (Lipinski definition) is 1. The number of carbonyl (C=O) groups excluding carboxylic acids is 1. The Morgan fingerprint density at radius 1 is 1.06 bits per heavy atom. The van der Waals surface area contributed by atoms with Crippen molar-refractivity contribution in [3.63, 3.8) is 0 Å². The van der Waals surface area contributed by atoms with Gasteiger partial charge in [-0.1, -0.05) is 12.1 Å². The minimum atomic E-state index is -4.72. The SMILES string of the molecule is Cc1nc2nc(C(F)(F)F)nn2c(C)c1CC(=O)NCc1ccc(OCC(F)(F)F)cc1. The number of nitrogens with zero attached hydrogens (tertiary/aromatic N) is 4. The van der Waals surface area contributed by atoms with Gasteiger partial charge < -0.3 is 10.1 Å². The third-order valence-corrected chi connectivity index (χ3v) is 4.46. The molecule has 0 aliphatic rings. The molecule has 0 unspecified atom stereocenters. The number of amides is 1. The molecule has 7 nitrogen and oxygen atoms in total. The van der Waals surface area contributed by atoms with Crippen molar-refractivity contribution in [3.05, 3.63) is 52.6 Å². The first kappa shape index (κ1) is 23.3. The molecule has 1 amide bonds. The Hall–Kier alpha value is -3.38. The van der Waals surface area contributed by atoms with Crippen LogP contribution in [0.5, 0.6) is 5.75 Å². The lowest BCUT2D eigenvalue weighted by Crippen LogP contribution is -2.26. The van der Waals surface area contributed by atoms with Gasteiger partial charge >= 0.3 is 12.4 Å². The number of fused-ring (bicyclic) bond motifs is 1. The maximum Gasteiger partial charge on any atom is 0.453 e. The van der Waals surface area contributed by atoms with Crippen LogP contribution in [0.15, 0.2) is 24.3 Å². The third kappa shape index (κ3) is 5.65. The van der Waals surface area contributed by atoms with Crippen LogP contribution >= 0.6 is 0 Å². The van der Waals surface area contributed by atoms with E-state index in [2.05, 4.69) is 25.1 Å². The second-order valence-corrected chi connectivity index (χ2v) is 6.91. The minimum absolute atomic E-state index is 0.0362. The van der Waals surface area contributed by atoms with E-state index in [1.807, 2.05) is 0 Å². The Kier molecular flexibility index (Phi) is 6.28. The molecule has 3 aromatic rings. The monoisotopic (exact) mass is 461 g/mol. The number of hydrogen-bond acceptors (Lipinski definition) is 5. The predicted octanol–water partition coefficient (Wildman–Crippen LogP) is 3.56. The summed E-state index contributed by atoms with van der Waals surface area (Å²) in [6, 6.07) is 5.71. The molecule has 2 heterocycles. The van der Waals surface area contributed by atoms with Crippen molar-refractivity contribution < 1.29 is 35.9 Å². The first-order valence-corrected chi connectivity index (χ1v) is 9.19. The molecule has 1 N–H and O–H groups in total. The van der Waals surface area contributed by atoms with Crippen LogP contribution in [0.25, 0.3) is 5.78 Å². The van der Waals surface area contributed by atoms with Crippen LogP contribution in [0.4, 0.5) is 26.3 Å². The second kappa shape index (κ2) is 8.63. The third-order valence-electron chi connectivity index (χ3n) is 4.46. The number of aryl methyl sites for hydroxylation is 2. The van der Waals surface area contributed by atoms with Crippen molar-refractivity contribution in [2.24, 2.45) is 0 Å². The number of ether oxygens (including phenoxy) is 1. The molecular formula is C19H17F6N5O2. The normalized spacial score (nSPS) is 12.2. The van der Waals surface area contributed by atoms with Gasteiger partial charge in [0.05, 0.1) is 6.42 Å². The first-order chi connectivity index (χ1) is 14.8. The lowest BCUT2D eigenvalue weighted by molar-refractivity contribution is -0.153. The van der Waals surface area contributed by atoms with Crippen molar-refractivity contribution in [3.8, 4) is 5.75 Å². The quantitative estimate of drug-likeness (QED) is 0.568. The van der Waals surface area contributed by atoms with E-state index in [-0.39, 0.29) is 24.5 Å². The number of alkyl halides is 6. The number of rotatable bonds is 6. The number of carbonyl (C=O) groups is 1. The first-order valence-electron chi connectivity index (χ1n) is 9.19. The molecule has 2 aromatic heterocycles. The zero-order valence-corrected chi connectivity index (χ0v) is 16.8. The zero-order chi connectivity index (χ0) is 23.7. The number of aromatic nitrogens is 4. The Bertz CT molecular complexity index is 1120. The predicted molar refractivity (Wildman–Crippen MR) is 98.8 cm³/mol. The van der Waals surface area contributed by atoms with Gasteiger partial charge in [-0.2, -0.15) is 31.3 Å². The van der Waals surface area contributed by atoms with Gasteiger partial charge in [0, 0.05) is 23.5 Å². The molecule has 3 rings (SSSR count). The van der Waals surface area contributed by atoms with Gasteiger partial charge in [-0.3, -0.25) is 4.79 Å². The van der Waals surface area contributed by atoms with Crippen LogP contribution in [0.3, 0.4) is 0 Å². The number of nitrogens with one attached hydrogen (secondary N) is 1. The van der Waals surface area contributed by atoms with E-state index in [9.17, 15) is 31.1 Å². The molecule has 13 heteroatoms. The largest absolute Gasteiger partial charge is 0.484 e. The van der Waals surface area contributed by atoms with E-state index in [1.54, 1.807) is 6.92 Å². The summed E-state index contributed by atoms with van der Waals surface area (Å²) < 4.78 is 80.7. The molecule has 32 heavy (non-hydrogen) atoms. The van der Waals surface area contributed by atoms with E-state index in [4.69, 9.17) is 0 Å². The molecule has 1 aromatic carbocycles. The topological polar surface area (TPSA) is 81.4 Å². The van der Waals surface area contributed by atoms with Crippen LogP contribution in [0, 0.1) is 13.8 Å². The second-order valence-electron chi connectivity index (χ2n) is 6.91. The summed E-state index contributed by atoms with van der Waals surface area (Å²) in [6.45, 7) is 1.75. The van der Waals surface area contributed by atoms with Crippen molar-refractivity contribution in [2.75, 3.05) is 6.61 Å². The van der Waals surface area contributed by atoms with Crippen LogP contribution in [0.1, 0.15) is 28.3 Å². The average Bonchev–Trinajstić information content (AvgIpc) is 3.13. The van der Waals surface area contributed by atoms with Gasteiger partial charge in [-0.15, -0.1) is 5.10 Å². The maximum atomic E-state index is 12.9. The standard InChI is InChI=1S/C19H17F6N5O2/c1-10-14(11(2)30-17(27-10)28-16(29-30)19(23,24)25)7-15(31)26-8-12-3-5-13(6-4-12)32-9-18(20,21)22/h3-6H,7-9H2,1-2H3,(H,26,31). The Balaban J connectivity index is 1.65. The summed E-state index contributed by atoms with van der Waals surface area (Å²) in [7, 11) is 0. The van der Waals surface area contributed by atoms with Gasteiger partial charge in [0.15, 0.2) is 6.61 Å². The summed E-state index contributed by atoms with van der Waals surface area (Å²) in [5, 5.41) is 6.07. The lowest BCUT2D eigenvalue weighted by Gasteiger charge is -2.11. The van der Waals surface area contributed by atoms with Crippen LogP contribution in [-0.4, -0.2) is 38.3 Å². The summed E-state index contributed by atoms with van der Waals surface area (Å²) in [5.74, 6) is -1.93. The molecule has 0 aliphatic carbocycles. The van der Waals surface area contributed by atoms with Gasteiger partial charge in [0.25, 0.3) is 11.6 Å². The molecule has 172 valence electrons. The minimum Gasteiger partial charge on any atom is -0.484 e. The Labute approximate surface area is 177 Å². The molecule has 0 saturated heterocycles. The highest BCUT2D eigenvalue weighted by Gasteiger charge is 2.37. The fourth-order valence-corrected chi connectivity index (χ4v) is 2.88. The molecule has 0 aliphatic heterocycles. The number of halogens is 6. The Morgan fingerprint density at radius 2 is 1.72 bits per heavy atom. The Morgan fingerprint density at radius 3 is 2.31 bits per heavy atom. The highest BCUT2D eigenvalue weighted by atomic mass is 19.4. The van der Waals surface area contributed by atoms with Crippen molar-refractivity contribution in [1.29, 1.82) is 0 Å². The zero-order valence-electron chi connectivity index (χ0n) is 16.8. The van der Waals surface area contributed by atoms with Crippen molar-refractivity contribution in [2.45, 2.75) is 39.2 Å². The summed E-state index contributed by atoms with van der Waals surface area (Å²) in [6.07, 6.45) is -9.32. The van der Waals surface area contributed by atoms with Crippen LogP contribution in [0.2, 0.25) is 0 Å². The van der Waals surface area contributed by atoms with Gasteiger partial charge in [0.2, 0.25) is 5.91 Å². The average molecular weight is 461 g/mol. The van der Waals surface area contributed by atoms with E-state index in [0.29, 0.717) is 22.5 Å². The van der Waals surface area contributed by atoms with Crippen molar-refractivity contribution >= 4 is 11.7 Å². The van der Waals surface area contributed by atoms with E-state index in [0.717, 1.165) is 4.52 Å². The fraction of sp³-hybridized carbons (Fsp3) is 0.368. The molecular weight excluding hydrogens is 444 g/mol. The number of benzene rings is 1. The van der Waals surface area contributed by atoms with E-state index >= 15 is 0 Å². The highest BCUT2D eigenvalue weighted by Crippen LogP contribution is 2.27. The lowest BCUT2D eigenvalue weighted by atomic mass is 10.1.